The van der Waals surface area contributed by atoms with Crippen molar-refractivity contribution in [2.24, 2.45) is 0 Å². The summed E-state index contributed by atoms with van der Waals surface area (Å²) in [4.78, 5) is 21.7. The second-order valence-corrected chi connectivity index (χ2v) is 4.34. The minimum absolute atomic E-state index is 0.177. The Morgan fingerprint density at radius 1 is 1.20 bits per heavy atom. The predicted octanol–water partition coefficient (Wildman–Crippen LogP) is 1.53. The highest BCUT2D eigenvalue weighted by atomic mass is 16.5. The van der Waals surface area contributed by atoms with Crippen LogP contribution in [0.15, 0.2) is 30.3 Å². The van der Waals surface area contributed by atoms with Crippen LogP contribution >= 0.6 is 0 Å². The van der Waals surface area contributed by atoms with Crippen molar-refractivity contribution in [3.8, 4) is 0 Å². The first-order valence-corrected chi connectivity index (χ1v) is 6.45. The van der Waals surface area contributed by atoms with Gasteiger partial charge in [0, 0.05) is 6.54 Å². The van der Waals surface area contributed by atoms with E-state index in [1.165, 1.54) is 0 Å². The highest BCUT2D eigenvalue weighted by molar-refractivity contribution is 5.71. The van der Waals surface area contributed by atoms with Crippen molar-refractivity contribution in [1.82, 2.24) is 5.32 Å². The first kappa shape index (κ1) is 16.0. The summed E-state index contributed by atoms with van der Waals surface area (Å²) in [7, 11) is 0. The predicted molar refractivity (Wildman–Crippen MR) is 72.1 cm³/mol. The van der Waals surface area contributed by atoms with Crippen molar-refractivity contribution in [3.05, 3.63) is 35.9 Å². The molecule has 0 aromatic heterocycles. The molecule has 3 N–H and O–H groups in total. The second-order valence-electron chi connectivity index (χ2n) is 4.34. The fourth-order valence-electron chi connectivity index (χ4n) is 1.55. The number of alkyl carbamates (subject to hydrolysis) is 1. The number of carbonyl (C=O) groups is 2. The number of carbonyl (C=O) groups excluding carboxylic acids is 1. The van der Waals surface area contributed by atoms with E-state index in [0.29, 0.717) is 19.4 Å². The number of nitrogens with one attached hydrogen (secondary N) is 1. The zero-order valence-corrected chi connectivity index (χ0v) is 11.1. The van der Waals surface area contributed by atoms with Gasteiger partial charge in [-0.1, -0.05) is 30.3 Å². The number of benzene rings is 1. The molecular weight excluding hydrogens is 262 g/mol. The summed E-state index contributed by atoms with van der Waals surface area (Å²) >= 11 is 0. The third kappa shape index (κ3) is 6.75. The molecule has 0 aliphatic heterocycles. The average Bonchev–Trinajstić information content (AvgIpc) is 2.45. The van der Waals surface area contributed by atoms with Crippen LogP contribution < -0.4 is 5.32 Å². The molecule has 1 aromatic carbocycles. The summed E-state index contributed by atoms with van der Waals surface area (Å²) in [6.45, 7) is 0.602. The van der Waals surface area contributed by atoms with E-state index in [1.54, 1.807) is 0 Å². The van der Waals surface area contributed by atoms with E-state index >= 15 is 0 Å². The van der Waals surface area contributed by atoms with E-state index < -0.39 is 18.2 Å². The Balaban J connectivity index is 2.05. The van der Waals surface area contributed by atoms with E-state index in [-0.39, 0.29) is 13.0 Å². The smallest absolute Gasteiger partial charge is 0.407 e. The molecule has 1 amide bonds. The molecule has 0 saturated heterocycles. The average molecular weight is 281 g/mol. The Morgan fingerprint density at radius 2 is 1.90 bits per heavy atom. The zero-order chi connectivity index (χ0) is 14.8. The maximum Gasteiger partial charge on any atom is 0.407 e. The molecule has 0 spiro atoms. The van der Waals surface area contributed by atoms with Crippen LogP contribution in [0.5, 0.6) is 0 Å². The summed E-state index contributed by atoms with van der Waals surface area (Å²) in [5.41, 5.74) is 0.909. The van der Waals surface area contributed by atoms with Crippen LogP contribution in [0.3, 0.4) is 0 Å². The number of aliphatic hydroxyl groups excluding tert-OH is 1. The van der Waals surface area contributed by atoms with Gasteiger partial charge in [0.2, 0.25) is 0 Å². The molecule has 0 fully saturated rings. The largest absolute Gasteiger partial charge is 0.479 e. The van der Waals surface area contributed by atoms with Gasteiger partial charge in [-0.2, -0.15) is 0 Å². The Hall–Kier alpha value is -2.08. The van der Waals surface area contributed by atoms with Crippen molar-refractivity contribution >= 4 is 12.1 Å². The quantitative estimate of drug-likeness (QED) is 0.628. The minimum atomic E-state index is -1.33. The third-order valence-electron chi connectivity index (χ3n) is 2.67. The monoisotopic (exact) mass is 281 g/mol. The van der Waals surface area contributed by atoms with Crippen LogP contribution in [0.2, 0.25) is 0 Å². The van der Waals surface area contributed by atoms with Crippen LogP contribution in [-0.4, -0.2) is 34.9 Å². The molecule has 6 heteroatoms. The van der Waals surface area contributed by atoms with E-state index in [1.807, 2.05) is 30.3 Å². The fraction of sp³-hybridized carbons (Fsp3) is 0.429. The number of ether oxygens (including phenoxy) is 1. The van der Waals surface area contributed by atoms with Gasteiger partial charge in [-0.05, 0) is 24.8 Å². The van der Waals surface area contributed by atoms with Gasteiger partial charge < -0.3 is 20.3 Å². The number of carboxylic acids is 1. The number of carboxylic acid groups (broad SMARTS) is 1. The molecular formula is C14H19NO5. The summed E-state index contributed by atoms with van der Waals surface area (Å²) < 4.78 is 5.00. The van der Waals surface area contributed by atoms with Crippen LogP contribution in [0.4, 0.5) is 4.79 Å². The maximum absolute atomic E-state index is 11.3. The molecule has 0 radical (unpaired) electrons. The lowest BCUT2D eigenvalue weighted by molar-refractivity contribution is -0.146. The maximum atomic E-state index is 11.3. The van der Waals surface area contributed by atoms with Crippen molar-refractivity contribution in [3.63, 3.8) is 0 Å². The van der Waals surface area contributed by atoms with E-state index in [0.717, 1.165) is 5.56 Å². The van der Waals surface area contributed by atoms with Gasteiger partial charge in [-0.25, -0.2) is 9.59 Å². The molecule has 0 heterocycles. The van der Waals surface area contributed by atoms with Crippen LogP contribution in [0.25, 0.3) is 0 Å². The van der Waals surface area contributed by atoms with E-state index in [2.05, 4.69) is 5.32 Å². The number of hydrogen-bond acceptors (Lipinski definition) is 4. The van der Waals surface area contributed by atoms with E-state index in [9.17, 15) is 9.59 Å². The summed E-state index contributed by atoms with van der Waals surface area (Å²) in [5, 5.41) is 20.1. The van der Waals surface area contributed by atoms with Gasteiger partial charge in [0.05, 0.1) is 0 Å². The van der Waals surface area contributed by atoms with Crippen molar-refractivity contribution < 1.29 is 24.5 Å². The summed E-state index contributed by atoms with van der Waals surface area (Å²) in [5.74, 6) is -1.22. The normalized spacial score (nSPS) is 11.7. The molecule has 110 valence electrons. The van der Waals surface area contributed by atoms with Crippen LogP contribution in [-0.2, 0) is 16.1 Å². The first-order valence-electron chi connectivity index (χ1n) is 6.45. The molecule has 0 saturated carbocycles. The Bertz CT molecular complexity index is 421. The topological polar surface area (TPSA) is 95.9 Å². The number of aliphatic carboxylic acids is 1. The van der Waals surface area contributed by atoms with Gasteiger partial charge in [0.15, 0.2) is 6.10 Å². The molecule has 0 bridgehead atoms. The summed E-state index contributed by atoms with van der Waals surface area (Å²) in [6, 6.07) is 9.34. The molecule has 0 aliphatic carbocycles. The molecule has 0 aliphatic rings. The van der Waals surface area contributed by atoms with Crippen molar-refractivity contribution in [1.29, 1.82) is 0 Å². The minimum Gasteiger partial charge on any atom is -0.479 e. The lowest BCUT2D eigenvalue weighted by Gasteiger charge is -2.08. The molecule has 6 nitrogen and oxygen atoms in total. The lowest BCUT2D eigenvalue weighted by atomic mass is 10.1. The van der Waals surface area contributed by atoms with Crippen LogP contribution in [0.1, 0.15) is 24.8 Å². The number of rotatable bonds is 8. The van der Waals surface area contributed by atoms with E-state index in [4.69, 9.17) is 14.9 Å². The highest BCUT2D eigenvalue weighted by Crippen LogP contribution is 2.02. The van der Waals surface area contributed by atoms with Gasteiger partial charge in [-0.15, -0.1) is 0 Å². The third-order valence-corrected chi connectivity index (χ3v) is 2.67. The summed E-state index contributed by atoms with van der Waals surface area (Å²) in [6.07, 6.45) is -0.555. The first-order chi connectivity index (χ1) is 9.59. The highest BCUT2D eigenvalue weighted by Gasteiger charge is 2.11. The fourth-order valence-corrected chi connectivity index (χ4v) is 1.55. The van der Waals surface area contributed by atoms with Crippen LogP contribution in [0, 0.1) is 0 Å². The molecule has 1 aromatic rings. The van der Waals surface area contributed by atoms with Gasteiger partial charge in [0.1, 0.15) is 6.61 Å². The Labute approximate surface area is 117 Å². The SMILES string of the molecule is O=C(NCCCC[C@H](O)C(=O)O)OCc1ccccc1. The zero-order valence-electron chi connectivity index (χ0n) is 11.1. The number of hydrogen-bond donors (Lipinski definition) is 3. The molecule has 1 rings (SSSR count). The molecule has 20 heavy (non-hydrogen) atoms. The standard InChI is InChI=1S/C14H19NO5/c16-12(13(17)18)8-4-5-9-15-14(19)20-10-11-6-2-1-3-7-11/h1-3,6-7,12,16H,4-5,8-10H2,(H,15,19)(H,17,18)/t12-/m0/s1. The number of unbranched alkanes of at least 4 members (excludes halogenated alkanes) is 1. The molecule has 0 unspecified atom stereocenters. The number of aliphatic hydroxyl groups is 1. The van der Waals surface area contributed by atoms with Gasteiger partial charge >= 0.3 is 12.1 Å². The van der Waals surface area contributed by atoms with Crippen molar-refractivity contribution in [2.75, 3.05) is 6.54 Å². The lowest BCUT2D eigenvalue weighted by Crippen LogP contribution is -2.25. The van der Waals surface area contributed by atoms with Gasteiger partial charge in [0.25, 0.3) is 0 Å². The van der Waals surface area contributed by atoms with Gasteiger partial charge in [-0.3, -0.25) is 0 Å². The number of amides is 1. The Kier molecular flexibility index (Phi) is 7.13. The van der Waals surface area contributed by atoms with Crippen molar-refractivity contribution in [2.45, 2.75) is 32.0 Å². The molecule has 1 atom stereocenters. The second kappa shape index (κ2) is 8.92. The Morgan fingerprint density at radius 3 is 2.55 bits per heavy atom.